The van der Waals surface area contributed by atoms with Gasteiger partial charge >= 0.3 is 0 Å². The maximum absolute atomic E-state index is 10.5. The normalized spacial score (nSPS) is 38.8. The lowest BCUT2D eigenvalue weighted by Crippen LogP contribution is -2.45. The van der Waals surface area contributed by atoms with Crippen molar-refractivity contribution in [3.05, 3.63) is 0 Å². The van der Waals surface area contributed by atoms with E-state index in [1.807, 2.05) is 0 Å². The van der Waals surface area contributed by atoms with E-state index in [9.17, 15) is 10.2 Å². The van der Waals surface area contributed by atoms with Crippen molar-refractivity contribution in [2.24, 2.45) is 11.8 Å². The minimum atomic E-state index is -0.769. The first-order valence-corrected chi connectivity index (χ1v) is 7.00. The van der Waals surface area contributed by atoms with Gasteiger partial charge in [0, 0.05) is 0 Å². The summed E-state index contributed by atoms with van der Waals surface area (Å²) in [6.07, 6.45) is 9.20. The number of rotatable bonds is 3. The van der Waals surface area contributed by atoms with Gasteiger partial charge in [-0.2, -0.15) is 0 Å². The smallest absolute Gasteiger partial charge is 0.0905 e. The van der Waals surface area contributed by atoms with Crippen LogP contribution in [0.2, 0.25) is 0 Å². The molecule has 0 radical (unpaired) electrons. The SMILES string of the molecule is CC1CCC(O)(C(O)CC2CCCC2)CC1. The van der Waals surface area contributed by atoms with Crippen LogP contribution in [0.3, 0.4) is 0 Å². The van der Waals surface area contributed by atoms with E-state index >= 15 is 0 Å². The Hall–Kier alpha value is -0.0800. The van der Waals surface area contributed by atoms with Crippen molar-refractivity contribution in [3.63, 3.8) is 0 Å². The quantitative estimate of drug-likeness (QED) is 0.777. The van der Waals surface area contributed by atoms with E-state index in [2.05, 4.69) is 6.92 Å². The summed E-state index contributed by atoms with van der Waals surface area (Å²) in [5.41, 5.74) is -0.769. The van der Waals surface area contributed by atoms with Gasteiger partial charge in [0.15, 0.2) is 0 Å². The molecule has 0 aliphatic heterocycles. The predicted molar refractivity (Wildman–Crippen MR) is 65.2 cm³/mol. The standard InChI is InChI=1S/C14H26O2/c1-11-6-8-14(16,9-7-11)13(15)10-12-4-2-3-5-12/h11-13,15-16H,2-10H2,1H3. The van der Waals surface area contributed by atoms with Gasteiger partial charge in [-0.15, -0.1) is 0 Å². The van der Waals surface area contributed by atoms with Gasteiger partial charge in [-0.1, -0.05) is 32.6 Å². The summed E-state index contributed by atoms with van der Waals surface area (Å²) in [5, 5.41) is 20.7. The number of aliphatic hydroxyl groups is 2. The van der Waals surface area contributed by atoms with Crippen LogP contribution in [0.4, 0.5) is 0 Å². The van der Waals surface area contributed by atoms with E-state index in [-0.39, 0.29) is 0 Å². The van der Waals surface area contributed by atoms with Crippen LogP contribution in [0.1, 0.15) is 64.7 Å². The van der Waals surface area contributed by atoms with Crippen LogP contribution in [-0.4, -0.2) is 21.9 Å². The van der Waals surface area contributed by atoms with Crippen LogP contribution in [0.5, 0.6) is 0 Å². The van der Waals surface area contributed by atoms with Crippen LogP contribution in [0.25, 0.3) is 0 Å². The highest BCUT2D eigenvalue weighted by Crippen LogP contribution is 2.38. The fourth-order valence-corrected chi connectivity index (χ4v) is 3.38. The molecule has 2 N–H and O–H groups in total. The van der Waals surface area contributed by atoms with E-state index in [4.69, 9.17) is 0 Å². The molecule has 0 bridgehead atoms. The first-order chi connectivity index (χ1) is 7.60. The van der Waals surface area contributed by atoms with Crippen LogP contribution in [-0.2, 0) is 0 Å². The fraction of sp³-hybridized carbons (Fsp3) is 1.00. The van der Waals surface area contributed by atoms with Crippen molar-refractivity contribution in [2.45, 2.75) is 76.4 Å². The molecule has 0 spiro atoms. The van der Waals surface area contributed by atoms with Gasteiger partial charge in [-0.05, 0) is 43.9 Å². The van der Waals surface area contributed by atoms with Crippen molar-refractivity contribution < 1.29 is 10.2 Å². The van der Waals surface area contributed by atoms with Gasteiger partial charge in [0.25, 0.3) is 0 Å². The average molecular weight is 226 g/mol. The molecule has 2 aliphatic carbocycles. The second-order valence-electron chi connectivity index (χ2n) is 6.19. The monoisotopic (exact) mass is 226 g/mol. The van der Waals surface area contributed by atoms with Crippen molar-refractivity contribution >= 4 is 0 Å². The molecule has 2 saturated carbocycles. The van der Waals surface area contributed by atoms with E-state index in [0.717, 1.165) is 38.0 Å². The third kappa shape index (κ3) is 2.78. The molecule has 0 saturated heterocycles. The minimum Gasteiger partial charge on any atom is -0.390 e. The second-order valence-corrected chi connectivity index (χ2v) is 6.19. The van der Waals surface area contributed by atoms with Gasteiger partial charge in [-0.25, -0.2) is 0 Å². The van der Waals surface area contributed by atoms with E-state index in [0.29, 0.717) is 5.92 Å². The zero-order chi connectivity index (χ0) is 11.6. The topological polar surface area (TPSA) is 40.5 Å². The highest BCUT2D eigenvalue weighted by atomic mass is 16.3. The molecular weight excluding hydrogens is 200 g/mol. The summed E-state index contributed by atoms with van der Waals surface area (Å²) in [6.45, 7) is 2.24. The fourth-order valence-electron chi connectivity index (χ4n) is 3.38. The van der Waals surface area contributed by atoms with Crippen LogP contribution in [0.15, 0.2) is 0 Å². The third-order valence-corrected chi connectivity index (χ3v) is 4.79. The summed E-state index contributed by atoms with van der Waals surface area (Å²) in [5.74, 6) is 1.39. The van der Waals surface area contributed by atoms with Gasteiger partial charge in [0.05, 0.1) is 11.7 Å². The molecule has 0 aromatic rings. The minimum absolute atomic E-state index is 0.483. The van der Waals surface area contributed by atoms with Crippen molar-refractivity contribution in [1.29, 1.82) is 0 Å². The lowest BCUT2D eigenvalue weighted by atomic mass is 9.74. The van der Waals surface area contributed by atoms with Gasteiger partial charge in [0.2, 0.25) is 0 Å². The number of hydrogen-bond donors (Lipinski definition) is 2. The summed E-state index contributed by atoms with van der Waals surface area (Å²) in [4.78, 5) is 0. The zero-order valence-corrected chi connectivity index (χ0v) is 10.5. The van der Waals surface area contributed by atoms with Crippen LogP contribution in [0, 0.1) is 11.8 Å². The van der Waals surface area contributed by atoms with E-state index < -0.39 is 11.7 Å². The molecule has 0 aromatic heterocycles. The molecule has 16 heavy (non-hydrogen) atoms. The number of aliphatic hydroxyl groups excluding tert-OH is 1. The highest BCUT2D eigenvalue weighted by molar-refractivity contribution is 4.92. The Morgan fingerprint density at radius 1 is 1.12 bits per heavy atom. The van der Waals surface area contributed by atoms with Gasteiger partial charge in [0.1, 0.15) is 0 Å². The average Bonchev–Trinajstić information content (AvgIpc) is 2.75. The zero-order valence-electron chi connectivity index (χ0n) is 10.5. The second kappa shape index (κ2) is 5.05. The third-order valence-electron chi connectivity index (χ3n) is 4.79. The Morgan fingerprint density at radius 2 is 1.69 bits per heavy atom. The Kier molecular flexibility index (Phi) is 3.91. The van der Waals surface area contributed by atoms with E-state index in [1.54, 1.807) is 0 Å². The molecule has 2 nitrogen and oxygen atoms in total. The Bertz CT molecular complexity index is 213. The highest BCUT2D eigenvalue weighted by Gasteiger charge is 2.39. The molecule has 0 amide bonds. The maximum atomic E-state index is 10.5. The number of hydrogen-bond acceptors (Lipinski definition) is 2. The van der Waals surface area contributed by atoms with Crippen molar-refractivity contribution in [2.75, 3.05) is 0 Å². The van der Waals surface area contributed by atoms with Crippen LogP contribution >= 0.6 is 0 Å². The summed E-state index contributed by atoms with van der Waals surface area (Å²) in [6, 6.07) is 0. The summed E-state index contributed by atoms with van der Waals surface area (Å²) < 4.78 is 0. The van der Waals surface area contributed by atoms with E-state index in [1.165, 1.54) is 25.7 Å². The molecule has 1 atom stereocenters. The Balaban J connectivity index is 1.84. The van der Waals surface area contributed by atoms with Gasteiger partial charge in [-0.3, -0.25) is 0 Å². The first-order valence-electron chi connectivity index (χ1n) is 7.00. The largest absolute Gasteiger partial charge is 0.390 e. The predicted octanol–water partition coefficient (Wildman–Crippen LogP) is 2.87. The first kappa shape index (κ1) is 12.4. The van der Waals surface area contributed by atoms with Crippen molar-refractivity contribution in [1.82, 2.24) is 0 Å². The lowest BCUT2D eigenvalue weighted by molar-refractivity contribution is -0.110. The molecule has 2 aliphatic rings. The molecular formula is C14H26O2. The Labute approximate surface area is 99.1 Å². The van der Waals surface area contributed by atoms with Crippen LogP contribution < -0.4 is 0 Å². The van der Waals surface area contributed by atoms with Gasteiger partial charge < -0.3 is 10.2 Å². The lowest BCUT2D eigenvalue weighted by Gasteiger charge is -2.39. The molecule has 2 rings (SSSR count). The molecule has 2 fully saturated rings. The summed E-state index contributed by atoms with van der Waals surface area (Å²) >= 11 is 0. The Morgan fingerprint density at radius 3 is 2.25 bits per heavy atom. The summed E-state index contributed by atoms with van der Waals surface area (Å²) in [7, 11) is 0. The molecule has 0 heterocycles. The maximum Gasteiger partial charge on any atom is 0.0905 e. The van der Waals surface area contributed by atoms with Crippen molar-refractivity contribution in [3.8, 4) is 0 Å². The molecule has 1 unspecified atom stereocenters. The molecule has 2 heteroatoms. The molecule has 94 valence electrons. The molecule has 0 aromatic carbocycles.